The highest BCUT2D eigenvalue weighted by atomic mass is 16.3. The Morgan fingerprint density at radius 2 is 1.79 bits per heavy atom. The first-order valence-corrected chi connectivity index (χ1v) is 6.87. The van der Waals surface area contributed by atoms with Gasteiger partial charge >= 0.3 is 0 Å². The first-order valence-electron chi connectivity index (χ1n) is 6.87. The molecule has 5 N–H and O–H groups in total. The van der Waals surface area contributed by atoms with Gasteiger partial charge in [0.05, 0.1) is 11.3 Å². The summed E-state index contributed by atoms with van der Waals surface area (Å²) in [5.74, 6) is -1.19. The lowest BCUT2D eigenvalue weighted by atomic mass is 10.1. The second-order valence-electron chi connectivity index (χ2n) is 4.72. The monoisotopic (exact) mass is 322 g/mol. The van der Waals surface area contributed by atoms with E-state index in [-0.39, 0.29) is 16.9 Å². The molecule has 0 fully saturated rings. The number of rotatable bonds is 5. The lowest BCUT2D eigenvalue weighted by molar-refractivity contribution is -0.112. The normalized spacial score (nSPS) is 10.5. The molecule has 120 valence electrons. The molecule has 0 aromatic heterocycles. The summed E-state index contributed by atoms with van der Waals surface area (Å²) >= 11 is 0. The summed E-state index contributed by atoms with van der Waals surface area (Å²) in [7, 11) is 0. The highest BCUT2D eigenvalue weighted by molar-refractivity contribution is 6.07. The maximum atomic E-state index is 12.1. The zero-order valence-electron chi connectivity index (χ0n) is 12.5. The Kier molecular flexibility index (Phi) is 5.16. The van der Waals surface area contributed by atoms with Crippen LogP contribution in [0.4, 0.5) is 11.4 Å². The predicted molar refractivity (Wildman–Crippen MR) is 89.0 cm³/mol. The number of hydrogen-bond donors (Lipinski definition) is 4. The van der Waals surface area contributed by atoms with E-state index in [1.54, 1.807) is 24.3 Å². The van der Waals surface area contributed by atoms with Gasteiger partial charge in [-0.2, -0.15) is 5.26 Å². The minimum Gasteiger partial charge on any atom is -0.508 e. The molecule has 7 nitrogen and oxygen atoms in total. The molecule has 0 unspecified atom stereocenters. The van der Waals surface area contributed by atoms with Crippen LogP contribution in [-0.4, -0.2) is 16.9 Å². The van der Waals surface area contributed by atoms with E-state index in [0.29, 0.717) is 11.4 Å². The quantitative estimate of drug-likeness (QED) is 0.380. The fourth-order valence-electron chi connectivity index (χ4n) is 1.87. The van der Waals surface area contributed by atoms with Gasteiger partial charge in [0.2, 0.25) is 0 Å². The van der Waals surface area contributed by atoms with Crippen LogP contribution in [0.15, 0.2) is 60.3 Å². The fourth-order valence-corrected chi connectivity index (χ4v) is 1.87. The van der Waals surface area contributed by atoms with Crippen molar-refractivity contribution in [2.45, 2.75) is 0 Å². The van der Waals surface area contributed by atoms with Crippen LogP contribution in [0, 0.1) is 11.3 Å². The maximum Gasteiger partial charge on any atom is 0.267 e. The van der Waals surface area contributed by atoms with Crippen molar-refractivity contribution in [3.05, 3.63) is 65.9 Å². The summed E-state index contributed by atoms with van der Waals surface area (Å²) in [5.41, 5.74) is 6.12. The molecule has 0 spiro atoms. The highest BCUT2D eigenvalue weighted by Crippen LogP contribution is 2.16. The first kappa shape index (κ1) is 16.6. The summed E-state index contributed by atoms with van der Waals surface area (Å²) in [6.07, 6.45) is 1.19. The van der Waals surface area contributed by atoms with Gasteiger partial charge in [-0.3, -0.25) is 9.59 Å². The van der Waals surface area contributed by atoms with Crippen LogP contribution in [0.3, 0.4) is 0 Å². The van der Waals surface area contributed by atoms with Gasteiger partial charge in [-0.1, -0.05) is 12.1 Å². The third-order valence-corrected chi connectivity index (χ3v) is 3.05. The van der Waals surface area contributed by atoms with Gasteiger partial charge in [0.25, 0.3) is 11.8 Å². The first-order chi connectivity index (χ1) is 11.5. The van der Waals surface area contributed by atoms with Crippen LogP contribution >= 0.6 is 0 Å². The number of hydrogen-bond acceptors (Lipinski definition) is 5. The van der Waals surface area contributed by atoms with Crippen LogP contribution in [0.25, 0.3) is 0 Å². The van der Waals surface area contributed by atoms with Crippen molar-refractivity contribution in [3.8, 4) is 11.8 Å². The molecule has 0 atom stereocenters. The number of carbonyl (C=O) groups excluding carboxylic acids is 2. The third-order valence-electron chi connectivity index (χ3n) is 3.05. The average molecular weight is 322 g/mol. The van der Waals surface area contributed by atoms with Crippen LogP contribution < -0.4 is 16.4 Å². The van der Waals surface area contributed by atoms with Gasteiger partial charge in [0.1, 0.15) is 17.4 Å². The largest absolute Gasteiger partial charge is 0.508 e. The van der Waals surface area contributed by atoms with Gasteiger partial charge in [0, 0.05) is 11.9 Å². The van der Waals surface area contributed by atoms with E-state index in [4.69, 9.17) is 11.0 Å². The van der Waals surface area contributed by atoms with Crippen molar-refractivity contribution in [1.29, 1.82) is 5.26 Å². The summed E-state index contributed by atoms with van der Waals surface area (Å²) in [5, 5.41) is 23.6. The van der Waals surface area contributed by atoms with E-state index in [9.17, 15) is 14.7 Å². The fraction of sp³-hybridized carbons (Fsp3) is 0. The van der Waals surface area contributed by atoms with E-state index >= 15 is 0 Å². The summed E-state index contributed by atoms with van der Waals surface area (Å²) < 4.78 is 0. The SMILES string of the molecule is N#C/C(=C/Nc1ccccc1C(N)=O)C(=O)Nc1ccc(O)cc1. The molecule has 0 aliphatic heterocycles. The van der Waals surface area contributed by atoms with Crippen LogP contribution in [0.2, 0.25) is 0 Å². The van der Waals surface area contributed by atoms with E-state index in [1.165, 1.54) is 36.5 Å². The number of aromatic hydroxyl groups is 1. The number of para-hydroxylation sites is 1. The number of anilines is 2. The molecule has 24 heavy (non-hydrogen) atoms. The van der Waals surface area contributed by atoms with Crippen molar-refractivity contribution in [1.82, 2.24) is 0 Å². The number of nitrogens with one attached hydrogen (secondary N) is 2. The van der Waals surface area contributed by atoms with E-state index in [1.807, 2.05) is 0 Å². The summed E-state index contributed by atoms with van der Waals surface area (Å²) in [6.45, 7) is 0. The highest BCUT2D eigenvalue weighted by Gasteiger charge is 2.11. The summed E-state index contributed by atoms with van der Waals surface area (Å²) in [6, 6.07) is 14.1. The van der Waals surface area contributed by atoms with E-state index < -0.39 is 11.8 Å². The minimum atomic E-state index is -0.632. The molecule has 0 saturated carbocycles. The maximum absolute atomic E-state index is 12.1. The Labute approximate surface area is 138 Å². The van der Waals surface area contributed by atoms with Crippen molar-refractivity contribution < 1.29 is 14.7 Å². The number of primary amides is 1. The Bertz CT molecular complexity index is 836. The molecule has 2 aromatic carbocycles. The van der Waals surface area contributed by atoms with Crippen LogP contribution in [0.1, 0.15) is 10.4 Å². The lowest BCUT2D eigenvalue weighted by Gasteiger charge is -2.07. The predicted octanol–water partition coefficient (Wildman–Crippen LogP) is 1.95. The molecule has 0 saturated heterocycles. The number of nitrogens with zero attached hydrogens (tertiary/aromatic N) is 1. The molecule has 2 amide bonds. The van der Waals surface area contributed by atoms with Crippen molar-refractivity contribution in [2.24, 2.45) is 5.73 Å². The zero-order valence-corrected chi connectivity index (χ0v) is 12.5. The van der Waals surface area contributed by atoms with E-state index in [2.05, 4.69) is 10.6 Å². The van der Waals surface area contributed by atoms with Gasteiger partial charge < -0.3 is 21.5 Å². The van der Waals surface area contributed by atoms with Crippen molar-refractivity contribution >= 4 is 23.2 Å². The van der Waals surface area contributed by atoms with E-state index in [0.717, 1.165) is 0 Å². The lowest BCUT2D eigenvalue weighted by Crippen LogP contribution is -2.16. The molecule has 0 aliphatic carbocycles. The average Bonchev–Trinajstić information content (AvgIpc) is 2.57. The number of phenolic OH excluding ortho intramolecular Hbond substituents is 1. The standard InChI is InChI=1S/C17H14N4O3/c18-9-11(17(24)21-12-5-7-13(22)8-6-12)10-20-15-4-2-1-3-14(15)16(19)23/h1-8,10,20,22H,(H2,19,23)(H,21,24)/b11-10-. The smallest absolute Gasteiger partial charge is 0.267 e. The number of carbonyl (C=O) groups is 2. The second kappa shape index (κ2) is 7.47. The minimum absolute atomic E-state index is 0.0637. The summed E-state index contributed by atoms with van der Waals surface area (Å²) in [4.78, 5) is 23.4. The van der Waals surface area contributed by atoms with Gasteiger partial charge in [-0.05, 0) is 36.4 Å². The number of nitrogens with two attached hydrogens (primary N) is 1. The molecule has 0 bridgehead atoms. The second-order valence-corrected chi connectivity index (χ2v) is 4.72. The van der Waals surface area contributed by atoms with Crippen LogP contribution in [0.5, 0.6) is 5.75 Å². The molecule has 7 heteroatoms. The third kappa shape index (κ3) is 4.11. The molecule has 2 aromatic rings. The molecular formula is C17H14N4O3. The Balaban J connectivity index is 2.15. The molecule has 0 heterocycles. The van der Waals surface area contributed by atoms with Crippen molar-refractivity contribution in [3.63, 3.8) is 0 Å². The Morgan fingerprint density at radius 3 is 2.42 bits per heavy atom. The zero-order chi connectivity index (χ0) is 17.5. The molecule has 0 radical (unpaired) electrons. The number of benzene rings is 2. The topological polar surface area (TPSA) is 128 Å². The van der Waals surface area contributed by atoms with Crippen LogP contribution in [-0.2, 0) is 4.79 Å². The Hall–Kier alpha value is -3.79. The number of phenols is 1. The number of nitriles is 1. The van der Waals surface area contributed by atoms with Gasteiger partial charge in [-0.15, -0.1) is 0 Å². The molecular weight excluding hydrogens is 308 g/mol. The number of amides is 2. The molecule has 0 aliphatic rings. The Morgan fingerprint density at radius 1 is 1.12 bits per heavy atom. The molecule has 2 rings (SSSR count). The van der Waals surface area contributed by atoms with Gasteiger partial charge in [0.15, 0.2) is 0 Å². The van der Waals surface area contributed by atoms with Gasteiger partial charge in [-0.25, -0.2) is 0 Å². The van der Waals surface area contributed by atoms with Crippen molar-refractivity contribution in [2.75, 3.05) is 10.6 Å².